The molecule has 0 aliphatic rings. The van der Waals surface area contributed by atoms with E-state index in [4.69, 9.17) is 18.1 Å². The Kier molecular flexibility index (Phi) is 1.51. The van der Waals surface area contributed by atoms with Crippen LogP contribution in [0.2, 0.25) is 5.15 Å². The Hall–Kier alpha value is -1.09. The largest absolute Gasteiger partial charge is 0.478 e. The van der Waals surface area contributed by atoms with Crippen molar-refractivity contribution >= 4 is 17.6 Å². The van der Waals surface area contributed by atoms with E-state index in [1.807, 2.05) is 0 Å². The maximum atomic E-state index is 10.3. The van der Waals surface area contributed by atoms with Crippen molar-refractivity contribution in [3.05, 3.63) is 29.0 Å². The number of hydrogen-bond donors (Lipinski definition) is 1. The van der Waals surface area contributed by atoms with Crippen LogP contribution in [0.4, 0.5) is 0 Å². The monoisotopic (exact) mass is 158 g/mol. The molecule has 52 valence electrons. The summed E-state index contributed by atoms with van der Waals surface area (Å²) in [5.41, 5.74) is -0.144. The Morgan fingerprint density at radius 2 is 2.60 bits per heavy atom. The molecule has 0 bridgehead atoms. The van der Waals surface area contributed by atoms with Gasteiger partial charge in [-0.05, 0) is 12.1 Å². The number of halogens is 1. The molecule has 0 unspecified atom stereocenters. The van der Waals surface area contributed by atoms with E-state index < -0.39 is 5.97 Å². The molecule has 1 N–H and O–H groups in total. The molecule has 0 aromatic carbocycles. The van der Waals surface area contributed by atoms with Gasteiger partial charge in [0.1, 0.15) is 5.15 Å². The summed E-state index contributed by atoms with van der Waals surface area (Å²) in [4.78, 5) is 13.9. The average Bonchev–Trinajstić information content (AvgIpc) is 1.85. The van der Waals surface area contributed by atoms with Crippen LogP contribution in [0.25, 0.3) is 0 Å². The van der Waals surface area contributed by atoms with Gasteiger partial charge in [-0.2, -0.15) is 0 Å². The first kappa shape index (κ1) is 5.68. The number of pyridine rings is 1. The Labute approximate surface area is 63.7 Å². The van der Waals surface area contributed by atoms with Crippen molar-refractivity contribution in [3.63, 3.8) is 0 Å². The number of carbonyl (C=O) groups is 1. The highest BCUT2D eigenvalue weighted by Crippen LogP contribution is 2.04. The first-order valence-corrected chi connectivity index (χ1v) is 2.84. The molecule has 0 fully saturated rings. The van der Waals surface area contributed by atoms with Gasteiger partial charge in [-0.1, -0.05) is 11.6 Å². The van der Waals surface area contributed by atoms with E-state index in [9.17, 15) is 4.79 Å². The van der Waals surface area contributed by atoms with Crippen LogP contribution in [0.5, 0.6) is 0 Å². The molecule has 1 aromatic heterocycles. The van der Waals surface area contributed by atoms with E-state index in [2.05, 4.69) is 4.98 Å². The van der Waals surface area contributed by atoms with Crippen LogP contribution < -0.4 is 0 Å². The van der Waals surface area contributed by atoms with Crippen molar-refractivity contribution in [1.29, 1.82) is 0 Å². The fourth-order valence-corrected chi connectivity index (χ4v) is 0.558. The molecule has 1 aromatic rings. The highest BCUT2D eigenvalue weighted by molar-refractivity contribution is 6.29. The quantitative estimate of drug-likeness (QED) is 0.629. The van der Waals surface area contributed by atoms with Gasteiger partial charge in [0.25, 0.3) is 0 Å². The van der Waals surface area contributed by atoms with E-state index in [0.29, 0.717) is 0 Å². The molecule has 3 nitrogen and oxygen atoms in total. The van der Waals surface area contributed by atoms with E-state index >= 15 is 0 Å². The SMILES string of the molecule is [2H]c1cc(Cl)ncc1C(=O)O. The second-order valence-electron chi connectivity index (χ2n) is 1.59. The average molecular weight is 159 g/mol. The Bertz CT molecular complexity index is 303. The summed E-state index contributed by atoms with van der Waals surface area (Å²) in [5.74, 6) is -1.17. The highest BCUT2D eigenvalue weighted by Gasteiger charge is 2.00. The van der Waals surface area contributed by atoms with Crippen molar-refractivity contribution in [2.24, 2.45) is 0 Å². The van der Waals surface area contributed by atoms with Crippen LogP contribution >= 0.6 is 11.6 Å². The third kappa shape index (κ3) is 1.45. The van der Waals surface area contributed by atoms with Crippen LogP contribution in [0.1, 0.15) is 11.7 Å². The summed E-state index contributed by atoms with van der Waals surface area (Å²) in [6.45, 7) is 0. The summed E-state index contributed by atoms with van der Waals surface area (Å²) in [6, 6.07) is 1.06. The topological polar surface area (TPSA) is 50.2 Å². The van der Waals surface area contributed by atoms with Gasteiger partial charge in [0.05, 0.1) is 6.93 Å². The minimum Gasteiger partial charge on any atom is -0.478 e. The van der Waals surface area contributed by atoms with Gasteiger partial charge in [-0.3, -0.25) is 0 Å². The third-order valence-electron chi connectivity index (χ3n) is 0.894. The molecule has 0 atom stereocenters. The Morgan fingerprint density at radius 1 is 1.90 bits per heavy atom. The van der Waals surface area contributed by atoms with Crippen LogP contribution in [0, 0.1) is 0 Å². The maximum absolute atomic E-state index is 10.3. The van der Waals surface area contributed by atoms with Crippen LogP contribution in [-0.4, -0.2) is 16.1 Å². The van der Waals surface area contributed by atoms with Crippen molar-refractivity contribution in [1.82, 2.24) is 4.98 Å². The van der Waals surface area contributed by atoms with Crippen LogP contribution in [-0.2, 0) is 0 Å². The first-order valence-electron chi connectivity index (χ1n) is 2.96. The lowest BCUT2D eigenvalue weighted by Gasteiger charge is -1.90. The van der Waals surface area contributed by atoms with Gasteiger partial charge in [-0.25, -0.2) is 9.78 Å². The van der Waals surface area contributed by atoms with Gasteiger partial charge >= 0.3 is 5.97 Å². The highest BCUT2D eigenvalue weighted by atomic mass is 35.5. The zero-order chi connectivity index (χ0) is 8.43. The third-order valence-corrected chi connectivity index (χ3v) is 1.10. The smallest absolute Gasteiger partial charge is 0.337 e. The molecule has 0 spiro atoms. The molecule has 0 saturated heterocycles. The van der Waals surface area contributed by atoms with Gasteiger partial charge in [0.15, 0.2) is 0 Å². The number of aromatic carboxylic acids is 1. The molecule has 4 heteroatoms. The number of nitrogens with zero attached hydrogens (tertiary/aromatic N) is 1. The number of carboxylic acids is 1. The summed E-state index contributed by atoms with van der Waals surface area (Å²) in [7, 11) is 0. The second-order valence-corrected chi connectivity index (χ2v) is 1.98. The second kappa shape index (κ2) is 2.66. The van der Waals surface area contributed by atoms with E-state index in [1.165, 1.54) is 6.07 Å². The van der Waals surface area contributed by atoms with Crippen molar-refractivity contribution < 1.29 is 11.3 Å². The number of rotatable bonds is 1. The summed E-state index contributed by atoms with van der Waals surface area (Å²) in [5, 5.41) is 8.58. The standard InChI is InChI=1S/C6H4ClNO2/c7-5-2-1-4(3-8-5)6(9)10/h1-3H,(H,9,10)/i1D. The summed E-state index contributed by atoms with van der Waals surface area (Å²) < 4.78 is 7.14. The van der Waals surface area contributed by atoms with Crippen LogP contribution in [0.15, 0.2) is 18.3 Å². The van der Waals surface area contributed by atoms with Crippen LogP contribution in [0.3, 0.4) is 0 Å². The van der Waals surface area contributed by atoms with Gasteiger partial charge < -0.3 is 5.11 Å². The van der Waals surface area contributed by atoms with Gasteiger partial charge in [-0.15, -0.1) is 0 Å². The van der Waals surface area contributed by atoms with Gasteiger partial charge in [0, 0.05) is 6.20 Å². The predicted molar refractivity (Wildman–Crippen MR) is 36.2 cm³/mol. The molecular weight excluding hydrogens is 154 g/mol. The van der Waals surface area contributed by atoms with Crippen molar-refractivity contribution in [2.45, 2.75) is 0 Å². The van der Waals surface area contributed by atoms with Crippen molar-refractivity contribution in [2.75, 3.05) is 0 Å². The molecule has 0 radical (unpaired) electrons. The molecular formula is C6H4ClNO2. The lowest BCUT2D eigenvalue weighted by molar-refractivity contribution is 0.0696. The molecule has 1 heterocycles. The summed E-state index contributed by atoms with van der Waals surface area (Å²) >= 11 is 5.40. The zero-order valence-electron chi connectivity index (χ0n) is 5.84. The zero-order valence-corrected chi connectivity index (χ0v) is 5.59. The van der Waals surface area contributed by atoms with E-state index in [-0.39, 0.29) is 16.8 Å². The Morgan fingerprint density at radius 3 is 3.10 bits per heavy atom. The van der Waals surface area contributed by atoms with E-state index in [0.717, 1.165) is 6.20 Å². The molecule has 10 heavy (non-hydrogen) atoms. The minimum atomic E-state index is -1.17. The lowest BCUT2D eigenvalue weighted by atomic mass is 10.3. The predicted octanol–water partition coefficient (Wildman–Crippen LogP) is 1.43. The molecule has 0 aliphatic carbocycles. The van der Waals surface area contributed by atoms with E-state index in [1.54, 1.807) is 0 Å². The normalized spacial score (nSPS) is 10.7. The molecule has 0 saturated carbocycles. The maximum Gasteiger partial charge on any atom is 0.337 e. The first-order chi connectivity index (χ1) is 5.11. The summed E-state index contributed by atoms with van der Waals surface area (Å²) in [6.07, 6.45) is 1.06. The molecule has 0 aliphatic heterocycles. The fraction of sp³-hybridized carbons (Fsp3) is 0. The van der Waals surface area contributed by atoms with Gasteiger partial charge in [0.2, 0.25) is 0 Å². The number of hydrogen-bond acceptors (Lipinski definition) is 2. The number of carboxylic acid groups (broad SMARTS) is 1. The lowest BCUT2D eigenvalue weighted by Crippen LogP contribution is -1.95. The molecule has 1 rings (SSSR count). The molecule has 0 amide bonds. The van der Waals surface area contributed by atoms with Crippen molar-refractivity contribution in [3.8, 4) is 0 Å². The fourth-order valence-electron chi connectivity index (χ4n) is 0.455. The Balaban J connectivity index is 3.20. The minimum absolute atomic E-state index is 0.125. The number of aromatic nitrogens is 1.